The standard InChI is InChI=1S/C34H67N3O/c1-5-8-10-12-14-20-24-32(25-21-15-13-11-9-6-2)36(4)33(30-26-28-37(7-3)29-27-30)34(38)35-31-22-18-16-17-19-23-31/h30-33H,5-29H2,1-4H3,(H,35,38). The zero-order valence-electron chi connectivity index (χ0n) is 26.3. The molecule has 38 heavy (non-hydrogen) atoms. The van der Waals surface area contributed by atoms with E-state index in [4.69, 9.17) is 0 Å². The van der Waals surface area contributed by atoms with Gasteiger partial charge in [-0.05, 0) is 71.1 Å². The molecule has 0 spiro atoms. The molecule has 1 atom stereocenters. The lowest BCUT2D eigenvalue weighted by Gasteiger charge is -2.42. The molecule has 1 aliphatic heterocycles. The smallest absolute Gasteiger partial charge is 0.237 e. The Bertz CT molecular complexity index is 550. The molecule has 4 nitrogen and oxygen atoms in total. The number of carbonyl (C=O) groups excluding carboxylic acids is 1. The van der Waals surface area contributed by atoms with Crippen molar-refractivity contribution in [1.29, 1.82) is 0 Å². The fourth-order valence-electron chi connectivity index (χ4n) is 7.13. The second-order valence-corrected chi connectivity index (χ2v) is 12.8. The van der Waals surface area contributed by atoms with Crippen molar-refractivity contribution in [3.8, 4) is 0 Å². The number of nitrogens with zero attached hydrogens (tertiary/aromatic N) is 2. The molecule has 224 valence electrons. The van der Waals surface area contributed by atoms with E-state index in [9.17, 15) is 4.79 Å². The minimum atomic E-state index is 0.0439. The molecule has 1 aliphatic carbocycles. The topological polar surface area (TPSA) is 35.6 Å². The number of likely N-dealkylation sites (N-methyl/N-ethyl adjacent to an activating group) is 1. The molecule has 1 saturated heterocycles. The Kier molecular flexibility index (Phi) is 18.7. The maximum absolute atomic E-state index is 14.0. The van der Waals surface area contributed by atoms with Crippen LogP contribution in [0.15, 0.2) is 0 Å². The molecular weight excluding hydrogens is 466 g/mol. The van der Waals surface area contributed by atoms with Gasteiger partial charge in [-0.3, -0.25) is 9.69 Å². The normalized spacial score (nSPS) is 19.2. The molecule has 1 unspecified atom stereocenters. The fraction of sp³-hybridized carbons (Fsp3) is 0.971. The number of amides is 1. The third-order valence-electron chi connectivity index (χ3n) is 9.79. The van der Waals surface area contributed by atoms with Gasteiger partial charge in [0.25, 0.3) is 0 Å². The van der Waals surface area contributed by atoms with Gasteiger partial charge < -0.3 is 10.2 Å². The zero-order chi connectivity index (χ0) is 27.4. The third kappa shape index (κ3) is 13.2. The summed E-state index contributed by atoms with van der Waals surface area (Å²) in [6.45, 7) is 10.3. The molecular formula is C34H67N3O. The largest absolute Gasteiger partial charge is 0.352 e. The van der Waals surface area contributed by atoms with E-state index < -0.39 is 0 Å². The van der Waals surface area contributed by atoms with Gasteiger partial charge in [0.15, 0.2) is 0 Å². The number of hydrogen-bond acceptors (Lipinski definition) is 3. The van der Waals surface area contributed by atoms with Crippen LogP contribution in [0.5, 0.6) is 0 Å². The van der Waals surface area contributed by atoms with E-state index in [2.05, 4.69) is 42.9 Å². The van der Waals surface area contributed by atoms with Crippen LogP contribution >= 0.6 is 0 Å². The van der Waals surface area contributed by atoms with Crippen LogP contribution in [0.1, 0.15) is 162 Å². The molecule has 0 aromatic carbocycles. The number of carbonyl (C=O) groups is 1. The fourth-order valence-corrected chi connectivity index (χ4v) is 7.13. The van der Waals surface area contributed by atoms with Crippen LogP contribution in [0, 0.1) is 5.92 Å². The monoisotopic (exact) mass is 534 g/mol. The molecule has 0 aromatic heterocycles. The van der Waals surface area contributed by atoms with Crippen molar-refractivity contribution in [2.75, 3.05) is 26.7 Å². The first kappa shape index (κ1) is 33.6. The summed E-state index contributed by atoms with van der Waals surface area (Å²) < 4.78 is 0. The lowest BCUT2D eigenvalue weighted by atomic mass is 9.86. The summed E-state index contributed by atoms with van der Waals surface area (Å²) in [5, 5.41) is 3.60. The van der Waals surface area contributed by atoms with Crippen LogP contribution in [0.2, 0.25) is 0 Å². The Balaban J connectivity index is 2.07. The van der Waals surface area contributed by atoms with E-state index in [1.165, 1.54) is 141 Å². The number of rotatable bonds is 20. The average Bonchev–Trinajstić information content (AvgIpc) is 3.20. The summed E-state index contributed by atoms with van der Waals surface area (Å²) in [6.07, 6.45) is 28.7. The van der Waals surface area contributed by atoms with Crippen LogP contribution in [0.3, 0.4) is 0 Å². The highest BCUT2D eigenvalue weighted by Crippen LogP contribution is 2.29. The zero-order valence-corrected chi connectivity index (χ0v) is 26.3. The molecule has 4 heteroatoms. The minimum absolute atomic E-state index is 0.0439. The molecule has 0 bridgehead atoms. The predicted molar refractivity (Wildman–Crippen MR) is 166 cm³/mol. The van der Waals surface area contributed by atoms with Crippen molar-refractivity contribution in [1.82, 2.24) is 15.1 Å². The molecule has 0 aromatic rings. The van der Waals surface area contributed by atoms with E-state index in [0.717, 1.165) is 19.6 Å². The van der Waals surface area contributed by atoms with Crippen molar-refractivity contribution in [3.05, 3.63) is 0 Å². The van der Waals surface area contributed by atoms with Gasteiger partial charge in [-0.25, -0.2) is 0 Å². The quantitative estimate of drug-likeness (QED) is 0.125. The first-order chi connectivity index (χ1) is 18.6. The van der Waals surface area contributed by atoms with Crippen molar-refractivity contribution in [3.63, 3.8) is 0 Å². The first-order valence-electron chi connectivity index (χ1n) is 17.3. The number of nitrogens with one attached hydrogen (secondary N) is 1. The Hall–Kier alpha value is -0.610. The van der Waals surface area contributed by atoms with E-state index in [1.54, 1.807) is 0 Å². The summed E-state index contributed by atoms with van der Waals surface area (Å²) in [7, 11) is 2.32. The van der Waals surface area contributed by atoms with Crippen LogP contribution in [-0.2, 0) is 4.79 Å². The summed E-state index contributed by atoms with van der Waals surface area (Å²) in [5.41, 5.74) is 0. The first-order valence-corrected chi connectivity index (χ1v) is 17.3. The highest BCUT2D eigenvalue weighted by Gasteiger charge is 2.37. The van der Waals surface area contributed by atoms with E-state index >= 15 is 0 Å². The maximum atomic E-state index is 14.0. The maximum Gasteiger partial charge on any atom is 0.237 e. The average molecular weight is 534 g/mol. The summed E-state index contributed by atoms with van der Waals surface area (Å²) in [4.78, 5) is 19.2. The van der Waals surface area contributed by atoms with Crippen molar-refractivity contribution in [2.45, 2.75) is 180 Å². The minimum Gasteiger partial charge on any atom is -0.352 e. The number of hydrogen-bond donors (Lipinski definition) is 1. The van der Waals surface area contributed by atoms with Gasteiger partial charge in [0, 0.05) is 12.1 Å². The highest BCUT2D eigenvalue weighted by molar-refractivity contribution is 5.82. The van der Waals surface area contributed by atoms with Crippen LogP contribution in [0.4, 0.5) is 0 Å². The summed E-state index contributed by atoms with van der Waals surface area (Å²) in [5.74, 6) is 0.843. The van der Waals surface area contributed by atoms with Crippen molar-refractivity contribution >= 4 is 5.91 Å². The van der Waals surface area contributed by atoms with E-state index in [0.29, 0.717) is 23.9 Å². The van der Waals surface area contributed by atoms with Gasteiger partial charge in [-0.15, -0.1) is 0 Å². The molecule has 1 N–H and O–H groups in total. The molecule has 1 amide bonds. The summed E-state index contributed by atoms with van der Waals surface area (Å²) >= 11 is 0. The summed E-state index contributed by atoms with van der Waals surface area (Å²) in [6, 6.07) is 0.982. The lowest BCUT2D eigenvalue weighted by Crippen LogP contribution is -2.56. The van der Waals surface area contributed by atoms with Crippen molar-refractivity contribution < 1.29 is 4.79 Å². The Morgan fingerprint density at radius 1 is 0.737 bits per heavy atom. The molecule has 1 heterocycles. The van der Waals surface area contributed by atoms with Crippen LogP contribution < -0.4 is 5.32 Å². The molecule has 1 saturated carbocycles. The number of unbranched alkanes of at least 4 members (excludes halogenated alkanes) is 10. The molecule has 2 aliphatic rings. The van der Waals surface area contributed by atoms with E-state index in [1.807, 2.05) is 0 Å². The molecule has 2 rings (SSSR count). The van der Waals surface area contributed by atoms with E-state index in [-0.39, 0.29) is 6.04 Å². The van der Waals surface area contributed by atoms with Gasteiger partial charge in [0.05, 0.1) is 6.04 Å². The van der Waals surface area contributed by atoms with Crippen LogP contribution in [-0.4, -0.2) is 60.5 Å². The molecule has 0 radical (unpaired) electrons. The molecule has 2 fully saturated rings. The number of likely N-dealkylation sites (tertiary alicyclic amines) is 1. The Morgan fingerprint density at radius 2 is 1.24 bits per heavy atom. The van der Waals surface area contributed by atoms with Gasteiger partial charge >= 0.3 is 0 Å². The lowest BCUT2D eigenvalue weighted by molar-refractivity contribution is -0.130. The second kappa shape index (κ2) is 21.2. The van der Waals surface area contributed by atoms with Crippen molar-refractivity contribution in [2.24, 2.45) is 5.92 Å². The third-order valence-corrected chi connectivity index (χ3v) is 9.79. The number of piperidine rings is 1. The SMILES string of the molecule is CCCCCCCCC(CCCCCCCC)N(C)C(C(=O)NC1CCCCCC1)C1CCN(CC)CC1. The van der Waals surface area contributed by atoms with Gasteiger partial charge in [-0.2, -0.15) is 0 Å². The second-order valence-electron chi connectivity index (χ2n) is 12.8. The highest BCUT2D eigenvalue weighted by atomic mass is 16.2. The van der Waals surface area contributed by atoms with Gasteiger partial charge in [0.1, 0.15) is 0 Å². The Labute approximate surface area is 238 Å². The van der Waals surface area contributed by atoms with Gasteiger partial charge in [0.2, 0.25) is 5.91 Å². The Morgan fingerprint density at radius 3 is 1.74 bits per heavy atom. The van der Waals surface area contributed by atoms with Crippen LogP contribution in [0.25, 0.3) is 0 Å². The predicted octanol–water partition coefficient (Wildman–Crippen LogP) is 8.73. The van der Waals surface area contributed by atoms with Gasteiger partial charge in [-0.1, -0.05) is 124 Å².